The first-order valence-electron chi connectivity index (χ1n) is 11.2. The summed E-state index contributed by atoms with van der Waals surface area (Å²) in [4.78, 5) is 18.8. The van der Waals surface area contributed by atoms with E-state index in [1.54, 1.807) is 6.07 Å². The van der Waals surface area contributed by atoms with Gasteiger partial charge in [0.25, 0.3) is 0 Å². The Bertz CT molecular complexity index is 998. The third-order valence-corrected chi connectivity index (χ3v) is 7.24. The lowest BCUT2D eigenvalue weighted by molar-refractivity contribution is -0.138. The van der Waals surface area contributed by atoms with E-state index in [0.29, 0.717) is 42.8 Å². The van der Waals surface area contributed by atoms with Crippen molar-refractivity contribution in [3.8, 4) is 5.88 Å². The fourth-order valence-corrected chi connectivity index (χ4v) is 4.92. The maximum atomic E-state index is 13.1. The molecule has 10 heteroatoms. The van der Waals surface area contributed by atoms with Gasteiger partial charge >= 0.3 is 6.18 Å². The van der Waals surface area contributed by atoms with Crippen molar-refractivity contribution in [2.45, 2.75) is 31.4 Å². The molecule has 0 N–H and O–H groups in total. The molecule has 1 amide bonds. The quantitative estimate of drug-likeness (QED) is 0.483. The summed E-state index contributed by atoms with van der Waals surface area (Å²) >= 11 is 12.3. The highest BCUT2D eigenvalue weighted by Gasteiger charge is 2.38. The van der Waals surface area contributed by atoms with Crippen LogP contribution in [0.1, 0.15) is 36.3 Å². The van der Waals surface area contributed by atoms with Gasteiger partial charge < -0.3 is 14.4 Å². The summed E-state index contributed by atoms with van der Waals surface area (Å²) in [5.41, 5.74) is 0.173. The summed E-state index contributed by atoms with van der Waals surface area (Å²) in [5, 5.41) is 0.921. The highest BCUT2D eigenvalue weighted by atomic mass is 35.5. The van der Waals surface area contributed by atoms with Gasteiger partial charge in [0.15, 0.2) is 0 Å². The molecule has 0 saturated carbocycles. The van der Waals surface area contributed by atoms with E-state index >= 15 is 0 Å². The second kappa shape index (κ2) is 10.7. The Morgan fingerprint density at radius 3 is 2.53 bits per heavy atom. The van der Waals surface area contributed by atoms with E-state index in [1.807, 2.05) is 17.0 Å². The third-order valence-electron chi connectivity index (χ3n) is 6.50. The molecule has 2 atom stereocenters. The van der Waals surface area contributed by atoms with Gasteiger partial charge in [-0.05, 0) is 48.9 Å². The second-order valence-corrected chi connectivity index (χ2v) is 9.50. The van der Waals surface area contributed by atoms with Crippen LogP contribution in [0.25, 0.3) is 0 Å². The summed E-state index contributed by atoms with van der Waals surface area (Å²) < 4.78 is 49.2. The molecule has 2 aliphatic heterocycles. The molecule has 184 valence electrons. The normalized spacial score (nSPS) is 21.6. The molecule has 2 aliphatic rings. The zero-order chi connectivity index (χ0) is 24.3. The summed E-state index contributed by atoms with van der Waals surface area (Å²) in [6.07, 6.45) is -1.63. The number of ether oxygens (including phenoxy) is 2. The Balaban J connectivity index is 1.43. The number of halogens is 5. The number of rotatable bonds is 6. The largest absolute Gasteiger partial charge is 0.478 e. The SMILES string of the molecule is O=C(C1CCOCC1)N1C[C@@H](CCOc2ccc(C(F)(F)F)cn2)[C@@H](c2ccc(Cl)c(Cl)c2)C1. The average Bonchev–Trinajstić information content (AvgIpc) is 3.25. The Kier molecular flexibility index (Phi) is 7.90. The molecule has 2 fully saturated rings. The van der Waals surface area contributed by atoms with Crippen LogP contribution in [0, 0.1) is 11.8 Å². The lowest BCUT2D eigenvalue weighted by Crippen LogP contribution is -2.37. The maximum absolute atomic E-state index is 13.1. The Hall–Kier alpha value is -2.03. The van der Waals surface area contributed by atoms with Crippen molar-refractivity contribution in [2.24, 2.45) is 11.8 Å². The zero-order valence-electron chi connectivity index (χ0n) is 18.4. The number of likely N-dealkylation sites (tertiary alicyclic amines) is 1. The summed E-state index contributed by atoms with van der Waals surface area (Å²) in [7, 11) is 0. The van der Waals surface area contributed by atoms with Crippen LogP contribution in [-0.4, -0.2) is 48.7 Å². The molecule has 1 aromatic heterocycles. The van der Waals surface area contributed by atoms with Gasteiger partial charge in [-0.2, -0.15) is 13.2 Å². The number of alkyl halides is 3. The second-order valence-electron chi connectivity index (χ2n) is 8.69. The first-order valence-corrected chi connectivity index (χ1v) is 12.0. The van der Waals surface area contributed by atoms with Crippen LogP contribution < -0.4 is 4.74 Å². The van der Waals surface area contributed by atoms with Crippen molar-refractivity contribution in [1.82, 2.24) is 9.88 Å². The monoisotopic (exact) mass is 516 g/mol. The Morgan fingerprint density at radius 2 is 1.88 bits per heavy atom. The molecular formula is C24H25Cl2F3N2O3. The minimum atomic E-state index is -4.44. The predicted octanol–water partition coefficient (Wildman–Crippen LogP) is 5.84. The number of hydrogen-bond acceptors (Lipinski definition) is 4. The molecule has 0 spiro atoms. The van der Waals surface area contributed by atoms with Gasteiger partial charge in [0, 0.05) is 50.4 Å². The molecule has 1 aromatic carbocycles. The molecule has 3 heterocycles. The van der Waals surface area contributed by atoms with Crippen molar-refractivity contribution in [3.63, 3.8) is 0 Å². The first kappa shape index (κ1) is 25.1. The summed E-state index contributed by atoms with van der Waals surface area (Å²) in [5.74, 6) is 0.376. The number of carbonyl (C=O) groups excluding carboxylic acids is 1. The number of carbonyl (C=O) groups is 1. The van der Waals surface area contributed by atoms with Gasteiger partial charge in [0.1, 0.15) is 0 Å². The number of benzene rings is 1. The van der Waals surface area contributed by atoms with Crippen LogP contribution in [0.4, 0.5) is 13.2 Å². The van der Waals surface area contributed by atoms with Crippen LogP contribution in [0.15, 0.2) is 36.5 Å². The maximum Gasteiger partial charge on any atom is 0.417 e. The van der Waals surface area contributed by atoms with Crippen LogP contribution in [0.2, 0.25) is 10.0 Å². The van der Waals surface area contributed by atoms with E-state index in [9.17, 15) is 18.0 Å². The molecule has 0 aliphatic carbocycles. The van der Waals surface area contributed by atoms with Crippen molar-refractivity contribution < 1.29 is 27.4 Å². The van der Waals surface area contributed by atoms with Crippen molar-refractivity contribution in [3.05, 3.63) is 57.7 Å². The van der Waals surface area contributed by atoms with Gasteiger partial charge in [0.2, 0.25) is 11.8 Å². The minimum Gasteiger partial charge on any atom is -0.478 e. The topological polar surface area (TPSA) is 51.7 Å². The molecule has 0 bridgehead atoms. The number of amides is 1. The molecule has 0 unspecified atom stereocenters. The van der Waals surface area contributed by atoms with E-state index in [-0.39, 0.29) is 36.1 Å². The zero-order valence-corrected chi connectivity index (χ0v) is 19.9. The number of aromatic nitrogens is 1. The van der Waals surface area contributed by atoms with E-state index in [1.165, 1.54) is 6.07 Å². The number of hydrogen-bond donors (Lipinski definition) is 0. The Labute approximate surface area is 206 Å². The summed E-state index contributed by atoms with van der Waals surface area (Å²) in [6, 6.07) is 7.68. The van der Waals surface area contributed by atoms with E-state index < -0.39 is 11.7 Å². The van der Waals surface area contributed by atoms with Gasteiger partial charge in [-0.15, -0.1) is 0 Å². The van der Waals surface area contributed by atoms with Crippen molar-refractivity contribution in [2.75, 3.05) is 32.9 Å². The molecule has 5 nitrogen and oxygen atoms in total. The smallest absolute Gasteiger partial charge is 0.417 e. The fraction of sp³-hybridized carbons (Fsp3) is 0.500. The van der Waals surface area contributed by atoms with Crippen molar-refractivity contribution >= 4 is 29.1 Å². The first-order chi connectivity index (χ1) is 16.2. The van der Waals surface area contributed by atoms with Crippen LogP contribution in [0.3, 0.4) is 0 Å². The van der Waals surface area contributed by atoms with E-state index in [4.69, 9.17) is 32.7 Å². The molecule has 2 aromatic rings. The lowest BCUT2D eigenvalue weighted by Gasteiger charge is -2.26. The standard InChI is InChI=1S/C24H25Cl2F3N2O3/c25-20-3-1-16(11-21(20)26)19-14-31(23(32)15-5-8-33-9-6-15)13-17(19)7-10-34-22-4-2-18(12-30-22)24(27,28)29/h1-4,11-12,15,17,19H,5-10,13-14H2/t17-,19-/m1/s1. The highest BCUT2D eigenvalue weighted by molar-refractivity contribution is 6.42. The Morgan fingerprint density at radius 1 is 1.12 bits per heavy atom. The van der Waals surface area contributed by atoms with Crippen molar-refractivity contribution in [1.29, 1.82) is 0 Å². The van der Waals surface area contributed by atoms with E-state index in [0.717, 1.165) is 30.7 Å². The number of nitrogens with zero attached hydrogens (tertiary/aromatic N) is 2. The molecule has 0 radical (unpaired) electrons. The fourth-order valence-electron chi connectivity index (χ4n) is 4.62. The summed E-state index contributed by atoms with van der Waals surface area (Å²) in [6.45, 7) is 2.60. The molecule has 2 saturated heterocycles. The van der Waals surface area contributed by atoms with Crippen LogP contribution >= 0.6 is 23.2 Å². The van der Waals surface area contributed by atoms with Crippen LogP contribution in [-0.2, 0) is 15.7 Å². The molecule has 34 heavy (non-hydrogen) atoms. The minimum absolute atomic E-state index is 0.0328. The van der Waals surface area contributed by atoms with Gasteiger partial charge in [-0.25, -0.2) is 4.98 Å². The third kappa shape index (κ3) is 5.96. The average molecular weight is 517 g/mol. The van der Waals surface area contributed by atoms with Crippen LogP contribution in [0.5, 0.6) is 5.88 Å². The number of pyridine rings is 1. The molecular weight excluding hydrogens is 492 g/mol. The van der Waals surface area contributed by atoms with Gasteiger partial charge in [-0.3, -0.25) is 4.79 Å². The predicted molar refractivity (Wildman–Crippen MR) is 122 cm³/mol. The van der Waals surface area contributed by atoms with E-state index in [2.05, 4.69) is 4.98 Å². The molecule has 4 rings (SSSR count). The highest BCUT2D eigenvalue weighted by Crippen LogP contribution is 2.38. The van der Waals surface area contributed by atoms with Gasteiger partial charge in [-0.1, -0.05) is 29.3 Å². The lowest BCUT2D eigenvalue weighted by atomic mass is 9.87. The van der Waals surface area contributed by atoms with Gasteiger partial charge in [0.05, 0.1) is 22.2 Å².